The van der Waals surface area contributed by atoms with Crippen LogP contribution in [0.15, 0.2) is 30.3 Å². The molecule has 1 aliphatic rings. The van der Waals surface area contributed by atoms with Gasteiger partial charge in [-0.25, -0.2) is 0 Å². The molecule has 0 amide bonds. The van der Waals surface area contributed by atoms with Crippen LogP contribution in [-0.4, -0.2) is 14.4 Å². The summed E-state index contributed by atoms with van der Waals surface area (Å²) in [7, 11) is -1.58. The van der Waals surface area contributed by atoms with E-state index in [1.807, 2.05) is 18.2 Å². The summed E-state index contributed by atoms with van der Waals surface area (Å²) >= 11 is 0. The van der Waals surface area contributed by atoms with E-state index >= 15 is 0 Å². The van der Waals surface area contributed by atoms with Gasteiger partial charge in [0.15, 0.2) is 8.32 Å². The Morgan fingerprint density at radius 2 is 1.73 bits per heavy atom. The number of rotatable bonds is 3. The molecule has 15 heavy (non-hydrogen) atoms. The van der Waals surface area contributed by atoms with Crippen molar-refractivity contribution in [2.45, 2.75) is 38.5 Å². The number of epoxide rings is 1. The van der Waals surface area contributed by atoms with Gasteiger partial charge in [-0.1, -0.05) is 30.3 Å². The predicted octanol–water partition coefficient (Wildman–Crippen LogP) is 3.11. The number of ether oxygens (including phenoxy) is 1. The second kappa shape index (κ2) is 3.44. The van der Waals surface area contributed by atoms with Gasteiger partial charge in [0.1, 0.15) is 6.10 Å². The first kappa shape index (κ1) is 10.9. The molecule has 82 valence electrons. The van der Waals surface area contributed by atoms with Crippen molar-refractivity contribution in [3.05, 3.63) is 35.9 Å². The fraction of sp³-hybridized carbons (Fsp3) is 0.500. The van der Waals surface area contributed by atoms with Crippen LogP contribution in [0.5, 0.6) is 0 Å². The Kier molecular flexibility index (Phi) is 2.49. The van der Waals surface area contributed by atoms with Gasteiger partial charge in [0.05, 0.1) is 0 Å². The summed E-state index contributed by atoms with van der Waals surface area (Å²) in [4.78, 5) is 0. The molecule has 1 heterocycles. The van der Waals surface area contributed by atoms with Crippen molar-refractivity contribution in [2.75, 3.05) is 0 Å². The summed E-state index contributed by atoms with van der Waals surface area (Å²) in [6, 6.07) is 10.2. The Balaban J connectivity index is 2.25. The standard InChI is InChI=1S/C12H18O2Si/c1-10-12(13-10,14-15(2,3)4)11-8-6-5-7-9-11/h5-10H,1-4H3. The van der Waals surface area contributed by atoms with Gasteiger partial charge in [-0.15, -0.1) is 0 Å². The molecule has 2 unspecified atom stereocenters. The van der Waals surface area contributed by atoms with Gasteiger partial charge in [-0.2, -0.15) is 0 Å². The van der Waals surface area contributed by atoms with E-state index in [-0.39, 0.29) is 6.10 Å². The van der Waals surface area contributed by atoms with E-state index in [4.69, 9.17) is 9.16 Å². The zero-order valence-corrected chi connectivity index (χ0v) is 10.8. The van der Waals surface area contributed by atoms with Crippen molar-refractivity contribution >= 4 is 8.32 Å². The second-order valence-electron chi connectivity index (χ2n) is 5.01. The number of hydrogen-bond donors (Lipinski definition) is 0. The minimum Gasteiger partial charge on any atom is -0.385 e. The maximum atomic E-state index is 6.15. The summed E-state index contributed by atoms with van der Waals surface area (Å²) < 4.78 is 11.8. The fourth-order valence-electron chi connectivity index (χ4n) is 1.82. The molecule has 0 saturated carbocycles. The second-order valence-corrected chi connectivity index (χ2v) is 9.44. The van der Waals surface area contributed by atoms with Crippen LogP contribution in [0, 0.1) is 0 Å². The normalized spacial score (nSPS) is 30.3. The molecule has 1 aromatic rings. The molecule has 0 spiro atoms. The maximum Gasteiger partial charge on any atom is 0.213 e. The summed E-state index contributed by atoms with van der Waals surface area (Å²) in [6.45, 7) is 8.62. The molecule has 2 nitrogen and oxygen atoms in total. The van der Waals surface area contributed by atoms with Crippen molar-refractivity contribution in [3.8, 4) is 0 Å². The first-order valence-electron chi connectivity index (χ1n) is 5.37. The van der Waals surface area contributed by atoms with Crippen molar-refractivity contribution in [1.29, 1.82) is 0 Å². The quantitative estimate of drug-likeness (QED) is 0.579. The number of benzene rings is 1. The van der Waals surface area contributed by atoms with Crippen molar-refractivity contribution in [1.82, 2.24) is 0 Å². The van der Waals surface area contributed by atoms with Crippen LogP contribution in [0.3, 0.4) is 0 Å². The van der Waals surface area contributed by atoms with E-state index in [1.54, 1.807) is 0 Å². The van der Waals surface area contributed by atoms with E-state index in [2.05, 4.69) is 38.7 Å². The Labute approximate surface area is 92.3 Å². The summed E-state index contributed by atoms with van der Waals surface area (Å²) in [5.74, 6) is -0.453. The van der Waals surface area contributed by atoms with Gasteiger partial charge >= 0.3 is 0 Å². The Hall–Kier alpha value is -0.643. The van der Waals surface area contributed by atoms with Crippen molar-refractivity contribution in [3.63, 3.8) is 0 Å². The third-order valence-electron chi connectivity index (χ3n) is 2.46. The molecule has 1 aliphatic heterocycles. The molecule has 0 aliphatic carbocycles. The van der Waals surface area contributed by atoms with Gasteiger partial charge in [0.2, 0.25) is 5.79 Å². The molecular weight excluding hydrogens is 204 g/mol. The first-order valence-corrected chi connectivity index (χ1v) is 8.78. The minimum absolute atomic E-state index is 0.173. The highest BCUT2D eigenvalue weighted by molar-refractivity contribution is 6.69. The van der Waals surface area contributed by atoms with Gasteiger partial charge in [0.25, 0.3) is 0 Å². The van der Waals surface area contributed by atoms with E-state index in [1.165, 1.54) is 0 Å². The molecule has 3 heteroatoms. The number of hydrogen-bond acceptors (Lipinski definition) is 2. The van der Waals surface area contributed by atoms with E-state index in [9.17, 15) is 0 Å². The van der Waals surface area contributed by atoms with Crippen LogP contribution in [0.2, 0.25) is 19.6 Å². The Morgan fingerprint density at radius 3 is 2.13 bits per heavy atom. The molecule has 0 bridgehead atoms. The molecule has 0 N–H and O–H groups in total. The van der Waals surface area contributed by atoms with Crippen LogP contribution in [-0.2, 0) is 14.9 Å². The first-order chi connectivity index (χ1) is 6.94. The molecule has 1 saturated heterocycles. The lowest BCUT2D eigenvalue weighted by atomic mass is 10.1. The lowest BCUT2D eigenvalue weighted by Crippen LogP contribution is -2.33. The van der Waals surface area contributed by atoms with E-state index in [0.29, 0.717) is 0 Å². The minimum atomic E-state index is -1.58. The largest absolute Gasteiger partial charge is 0.385 e. The summed E-state index contributed by atoms with van der Waals surface area (Å²) in [5, 5.41) is 0. The van der Waals surface area contributed by atoms with Crippen LogP contribution in [0.25, 0.3) is 0 Å². The third-order valence-corrected chi connectivity index (χ3v) is 3.38. The molecule has 1 fully saturated rings. The Bertz CT molecular complexity index is 344. The Morgan fingerprint density at radius 1 is 1.20 bits per heavy atom. The third kappa shape index (κ3) is 2.14. The smallest absolute Gasteiger partial charge is 0.213 e. The molecule has 1 aromatic carbocycles. The van der Waals surface area contributed by atoms with E-state index < -0.39 is 14.1 Å². The van der Waals surface area contributed by atoms with Crippen LogP contribution >= 0.6 is 0 Å². The maximum absolute atomic E-state index is 6.15. The van der Waals surface area contributed by atoms with Gasteiger partial charge in [-0.05, 0) is 26.6 Å². The highest BCUT2D eigenvalue weighted by atomic mass is 28.4. The highest BCUT2D eigenvalue weighted by Crippen LogP contribution is 2.48. The zero-order valence-electron chi connectivity index (χ0n) is 9.78. The fourth-order valence-corrected chi connectivity index (χ4v) is 3.06. The lowest BCUT2D eigenvalue weighted by molar-refractivity contribution is 0.0520. The average molecular weight is 222 g/mol. The topological polar surface area (TPSA) is 21.8 Å². The van der Waals surface area contributed by atoms with Gasteiger partial charge < -0.3 is 9.16 Å². The zero-order chi connectivity index (χ0) is 11.1. The monoisotopic (exact) mass is 222 g/mol. The van der Waals surface area contributed by atoms with Crippen LogP contribution in [0.1, 0.15) is 12.5 Å². The lowest BCUT2D eigenvalue weighted by Gasteiger charge is -2.24. The molecule has 2 rings (SSSR count). The molecular formula is C12H18O2Si. The van der Waals surface area contributed by atoms with Gasteiger partial charge in [0, 0.05) is 5.56 Å². The SMILES string of the molecule is CC1OC1(O[Si](C)(C)C)c1ccccc1. The predicted molar refractivity (Wildman–Crippen MR) is 63.1 cm³/mol. The van der Waals surface area contributed by atoms with Crippen LogP contribution < -0.4 is 0 Å². The molecule has 0 radical (unpaired) electrons. The van der Waals surface area contributed by atoms with E-state index in [0.717, 1.165) is 5.56 Å². The van der Waals surface area contributed by atoms with Crippen LogP contribution in [0.4, 0.5) is 0 Å². The van der Waals surface area contributed by atoms with Crippen molar-refractivity contribution < 1.29 is 9.16 Å². The summed E-state index contributed by atoms with van der Waals surface area (Å²) in [5.41, 5.74) is 1.14. The average Bonchev–Trinajstić information content (AvgIpc) is 2.76. The van der Waals surface area contributed by atoms with Gasteiger partial charge in [-0.3, -0.25) is 0 Å². The molecule has 2 atom stereocenters. The highest BCUT2D eigenvalue weighted by Gasteiger charge is 2.58. The summed E-state index contributed by atoms with van der Waals surface area (Å²) in [6.07, 6.45) is 0.173. The van der Waals surface area contributed by atoms with Crippen molar-refractivity contribution in [2.24, 2.45) is 0 Å². The molecule has 0 aromatic heterocycles.